The van der Waals surface area contributed by atoms with E-state index >= 15 is 0 Å². The smallest absolute Gasteiger partial charge is 0.335 e. The van der Waals surface area contributed by atoms with Gasteiger partial charge in [-0.25, -0.2) is 4.79 Å². The SMILES string of the molecule is Nc1ccc(C(=O)O)cc1C#CCCl. The summed E-state index contributed by atoms with van der Waals surface area (Å²) >= 11 is 5.38. The van der Waals surface area contributed by atoms with Crippen molar-refractivity contribution in [3.8, 4) is 11.8 Å². The van der Waals surface area contributed by atoms with E-state index in [1.54, 1.807) is 0 Å². The van der Waals surface area contributed by atoms with Gasteiger partial charge in [-0.15, -0.1) is 11.6 Å². The number of carbonyl (C=O) groups is 1. The molecule has 0 aliphatic carbocycles. The highest BCUT2D eigenvalue weighted by Crippen LogP contribution is 2.12. The quantitative estimate of drug-likeness (QED) is 0.419. The van der Waals surface area contributed by atoms with Crippen molar-refractivity contribution in [2.75, 3.05) is 11.6 Å². The number of benzene rings is 1. The molecule has 4 heteroatoms. The van der Waals surface area contributed by atoms with Gasteiger partial charge in [0.15, 0.2) is 0 Å². The summed E-state index contributed by atoms with van der Waals surface area (Å²) in [6, 6.07) is 4.38. The predicted octanol–water partition coefficient (Wildman–Crippen LogP) is 1.56. The summed E-state index contributed by atoms with van der Waals surface area (Å²) in [4.78, 5) is 10.6. The van der Waals surface area contributed by atoms with Crippen LogP contribution in [-0.2, 0) is 0 Å². The van der Waals surface area contributed by atoms with Crippen LogP contribution in [0.1, 0.15) is 15.9 Å². The summed E-state index contributed by atoms with van der Waals surface area (Å²) in [6.45, 7) is 0. The Kier molecular flexibility index (Phi) is 3.38. The fourth-order valence-electron chi connectivity index (χ4n) is 0.926. The predicted molar refractivity (Wildman–Crippen MR) is 55.4 cm³/mol. The number of nitrogens with two attached hydrogens (primary N) is 1. The summed E-state index contributed by atoms with van der Waals surface area (Å²) < 4.78 is 0. The zero-order valence-corrected chi connectivity index (χ0v) is 8.01. The van der Waals surface area contributed by atoms with Crippen LogP contribution < -0.4 is 5.73 Å². The van der Waals surface area contributed by atoms with Crippen LogP contribution in [-0.4, -0.2) is 17.0 Å². The number of hydrogen-bond donors (Lipinski definition) is 2. The number of hydrogen-bond acceptors (Lipinski definition) is 2. The molecule has 1 rings (SSSR count). The molecular formula is C10H8ClNO2. The third-order valence-electron chi connectivity index (χ3n) is 1.59. The van der Waals surface area contributed by atoms with Crippen molar-refractivity contribution in [3.05, 3.63) is 29.3 Å². The van der Waals surface area contributed by atoms with E-state index in [9.17, 15) is 4.79 Å². The lowest BCUT2D eigenvalue weighted by Crippen LogP contribution is -1.99. The summed E-state index contributed by atoms with van der Waals surface area (Å²) in [5, 5.41) is 8.71. The molecule has 0 saturated heterocycles. The third kappa shape index (κ3) is 2.41. The number of nitrogen functional groups attached to an aromatic ring is 1. The number of halogens is 1. The van der Waals surface area contributed by atoms with Crippen molar-refractivity contribution in [3.63, 3.8) is 0 Å². The molecule has 1 aromatic carbocycles. The van der Waals surface area contributed by atoms with Crippen LogP contribution in [0.2, 0.25) is 0 Å². The summed E-state index contributed by atoms with van der Waals surface area (Å²) in [5.74, 6) is 4.49. The molecule has 0 bridgehead atoms. The highest BCUT2D eigenvalue weighted by Gasteiger charge is 2.04. The lowest BCUT2D eigenvalue weighted by molar-refractivity contribution is 0.0697. The van der Waals surface area contributed by atoms with E-state index in [2.05, 4.69) is 11.8 Å². The third-order valence-corrected chi connectivity index (χ3v) is 1.72. The average Bonchev–Trinajstić information content (AvgIpc) is 2.16. The van der Waals surface area contributed by atoms with Crippen molar-refractivity contribution < 1.29 is 9.90 Å². The second-order valence-electron chi connectivity index (χ2n) is 2.54. The van der Waals surface area contributed by atoms with Crippen LogP contribution in [0.15, 0.2) is 18.2 Å². The molecule has 3 N–H and O–H groups in total. The second-order valence-corrected chi connectivity index (χ2v) is 2.81. The Hall–Kier alpha value is -1.66. The number of alkyl halides is 1. The Balaban J connectivity index is 3.14. The van der Waals surface area contributed by atoms with Gasteiger partial charge in [-0.2, -0.15) is 0 Å². The highest BCUT2D eigenvalue weighted by molar-refractivity contribution is 6.19. The maximum absolute atomic E-state index is 10.6. The van der Waals surface area contributed by atoms with Gasteiger partial charge in [0.05, 0.1) is 11.4 Å². The van der Waals surface area contributed by atoms with Crippen LogP contribution >= 0.6 is 11.6 Å². The Morgan fingerprint density at radius 1 is 1.57 bits per heavy atom. The molecule has 0 amide bonds. The molecule has 1 aromatic rings. The zero-order valence-electron chi connectivity index (χ0n) is 7.25. The van der Waals surface area contributed by atoms with Gasteiger partial charge in [-0.1, -0.05) is 11.8 Å². The van der Waals surface area contributed by atoms with Crippen LogP contribution in [0.5, 0.6) is 0 Å². The minimum Gasteiger partial charge on any atom is -0.478 e. The molecule has 0 unspecified atom stereocenters. The topological polar surface area (TPSA) is 63.3 Å². The van der Waals surface area contributed by atoms with E-state index in [0.717, 1.165) is 0 Å². The van der Waals surface area contributed by atoms with E-state index in [4.69, 9.17) is 22.4 Å². The zero-order chi connectivity index (χ0) is 10.6. The van der Waals surface area contributed by atoms with Crippen LogP contribution in [0.3, 0.4) is 0 Å². The van der Waals surface area contributed by atoms with Crippen molar-refractivity contribution >= 4 is 23.3 Å². The first kappa shape index (κ1) is 10.4. The van der Waals surface area contributed by atoms with Gasteiger partial charge in [0, 0.05) is 11.3 Å². The van der Waals surface area contributed by atoms with Gasteiger partial charge in [-0.05, 0) is 18.2 Å². The van der Waals surface area contributed by atoms with Gasteiger partial charge in [0.1, 0.15) is 0 Å². The number of anilines is 1. The molecule has 0 heterocycles. The van der Waals surface area contributed by atoms with E-state index < -0.39 is 5.97 Å². The molecule has 0 aliphatic rings. The largest absolute Gasteiger partial charge is 0.478 e. The first-order valence-corrected chi connectivity index (χ1v) is 4.36. The van der Waals surface area contributed by atoms with Crippen LogP contribution in [0.4, 0.5) is 5.69 Å². The van der Waals surface area contributed by atoms with Crippen molar-refractivity contribution in [1.29, 1.82) is 0 Å². The number of carboxylic acid groups (broad SMARTS) is 1. The van der Waals surface area contributed by atoms with E-state index in [1.807, 2.05) is 0 Å². The Morgan fingerprint density at radius 3 is 2.86 bits per heavy atom. The Labute approximate surface area is 86.5 Å². The fraction of sp³-hybridized carbons (Fsp3) is 0.100. The highest BCUT2D eigenvalue weighted by atomic mass is 35.5. The maximum atomic E-state index is 10.6. The first-order valence-electron chi connectivity index (χ1n) is 3.83. The van der Waals surface area contributed by atoms with Crippen molar-refractivity contribution in [1.82, 2.24) is 0 Å². The van der Waals surface area contributed by atoms with Crippen LogP contribution in [0, 0.1) is 11.8 Å². The lowest BCUT2D eigenvalue weighted by Gasteiger charge is -1.99. The number of rotatable bonds is 1. The molecular weight excluding hydrogens is 202 g/mol. The van der Waals surface area contributed by atoms with Gasteiger partial charge < -0.3 is 10.8 Å². The van der Waals surface area contributed by atoms with Crippen LogP contribution in [0.25, 0.3) is 0 Å². The summed E-state index contributed by atoms with van der Waals surface area (Å²) in [6.07, 6.45) is 0. The standard InChI is InChI=1S/C10H8ClNO2/c11-5-1-2-7-6-8(10(13)14)3-4-9(7)12/h3-4,6H,5,12H2,(H,13,14). The van der Waals surface area contributed by atoms with E-state index in [0.29, 0.717) is 11.3 Å². The summed E-state index contributed by atoms with van der Waals surface area (Å²) in [7, 11) is 0. The lowest BCUT2D eigenvalue weighted by atomic mass is 10.1. The molecule has 0 saturated carbocycles. The van der Waals surface area contributed by atoms with E-state index in [-0.39, 0.29) is 11.4 Å². The Bertz CT molecular complexity index is 418. The van der Waals surface area contributed by atoms with Gasteiger partial charge in [0.2, 0.25) is 0 Å². The minimum absolute atomic E-state index is 0.165. The van der Waals surface area contributed by atoms with Gasteiger partial charge in [-0.3, -0.25) is 0 Å². The normalized spacial score (nSPS) is 8.93. The molecule has 3 nitrogen and oxygen atoms in total. The Morgan fingerprint density at radius 2 is 2.29 bits per heavy atom. The number of carboxylic acids is 1. The molecule has 72 valence electrons. The van der Waals surface area contributed by atoms with E-state index in [1.165, 1.54) is 18.2 Å². The fourth-order valence-corrected chi connectivity index (χ4v) is 0.993. The minimum atomic E-state index is -1.00. The molecule has 0 spiro atoms. The monoisotopic (exact) mass is 209 g/mol. The molecule has 0 aliphatic heterocycles. The summed E-state index contributed by atoms with van der Waals surface area (Å²) in [5.41, 5.74) is 6.70. The van der Waals surface area contributed by atoms with Crippen molar-refractivity contribution in [2.24, 2.45) is 0 Å². The molecule has 0 atom stereocenters. The van der Waals surface area contributed by atoms with Crippen molar-refractivity contribution in [2.45, 2.75) is 0 Å². The number of aromatic carboxylic acids is 1. The maximum Gasteiger partial charge on any atom is 0.335 e. The first-order chi connectivity index (χ1) is 6.65. The molecule has 0 aromatic heterocycles. The van der Waals surface area contributed by atoms with Gasteiger partial charge in [0.25, 0.3) is 0 Å². The molecule has 14 heavy (non-hydrogen) atoms. The second kappa shape index (κ2) is 4.54. The average molecular weight is 210 g/mol. The molecule has 0 radical (unpaired) electrons. The van der Waals surface area contributed by atoms with Gasteiger partial charge >= 0.3 is 5.97 Å². The molecule has 0 fully saturated rings.